The summed E-state index contributed by atoms with van der Waals surface area (Å²) in [6, 6.07) is 4.99. The number of benzene rings is 1. The molecule has 0 aromatic heterocycles. The van der Waals surface area contributed by atoms with Gasteiger partial charge in [-0.15, -0.1) is 0 Å². The first-order chi connectivity index (χ1) is 8.63. The van der Waals surface area contributed by atoms with Gasteiger partial charge in [0.2, 0.25) is 0 Å². The Morgan fingerprint density at radius 1 is 1.56 bits per heavy atom. The minimum Gasteiger partial charge on any atom is -0.481 e. The second kappa shape index (κ2) is 7.23. The largest absolute Gasteiger partial charge is 0.481 e. The summed E-state index contributed by atoms with van der Waals surface area (Å²) in [6.45, 7) is 0.319. The van der Waals surface area contributed by atoms with Gasteiger partial charge in [-0.3, -0.25) is 4.79 Å². The highest BCUT2D eigenvalue weighted by atomic mass is 35.5. The summed E-state index contributed by atoms with van der Waals surface area (Å²) in [7, 11) is 0. The summed E-state index contributed by atoms with van der Waals surface area (Å²) in [5.74, 6) is 4.75. The van der Waals surface area contributed by atoms with Crippen LogP contribution in [0, 0.1) is 11.8 Å². The molecular formula is C12H10ClN3O2. The van der Waals surface area contributed by atoms with Crippen molar-refractivity contribution >= 4 is 17.6 Å². The highest BCUT2D eigenvalue weighted by Gasteiger charge is 2.05. The maximum Gasteiger partial charge on any atom is 0.307 e. The summed E-state index contributed by atoms with van der Waals surface area (Å²) in [5, 5.41) is 12.5. The van der Waals surface area contributed by atoms with Crippen LogP contribution in [-0.4, -0.2) is 17.6 Å². The van der Waals surface area contributed by atoms with Crippen LogP contribution in [0.15, 0.2) is 23.3 Å². The monoisotopic (exact) mass is 263 g/mol. The predicted octanol–water partition coefficient (Wildman–Crippen LogP) is 3.02. The van der Waals surface area contributed by atoms with Gasteiger partial charge in [-0.2, -0.15) is 0 Å². The molecule has 18 heavy (non-hydrogen) atoms. The molecule has 0 fully saturated rings. The minimum atomic E-state index is -0.939. The molecule has 0 saturated carbocycles. The fourth-order valence-corrected chi connectivity index (χ4v) is 1.45. The molecular weight excluding hydrogens is 254 g/mol. The van der Waals surface area contributed by atoms with Crippen LogP contribution >= 0.6 is 11.6 Å². The Hall–Kier alpha value is -2.15. The molecule has 0 bridgehead atoms. The maximum absolute atomic E-state index is 10.6. The van der Waals surface area contributed by atoms with Gasteiger partial charge in [-0.05, 0) is 29.3 Å². The van der Waals surface area contributed by atoms with Gasteiger partial charge < -0.3 is 5.11 Å². The Morgan fingerprint density at radius 3 is 3.00 bits per heavy atom. The van der Waals surface area contributed by atoms with Gasteiger partial charge in [0.25, 0.3) is 0 Å². The zero-order chi connectivity index (χ0) is 13.4. The van der Waals surface area contributed by atoms with Gasteiger partial charge in [0.15, 0.2) is 0 Å². The van der Waals surface area contributed by atoms with E-state index in [1.165, 1.54) is 0 Å². The van der Waals surface area contributed by atoms with Gasteiger partial charge in [-0.1, -0.05) is 28.6 Å². The van der Waals surface area contributed by atoms with Gasteiger partial charge in [0.1, 0.15) is 0 Å². The molecule has 0 spiro atoms. The van der Waals surface area contributed by atoms with Crippen molar-refractivity contribution in [2.75, 3.05) is 6.54 Å². The molecule has 0 radical (unpaired) electrons. The minimum absolute atomic E-state index is 0.132. The van der Waals surface area contributed by atoms with E-state index >= 15 is 0 Å². The summed E-state index contributed by atoms with van der Waals surface area (Å²) < 4.78 is 0. The summed E-state index contributed by atoms with van der Waals surface area (Å²) in [5.41, 5.74) is 9.30. The van der Waals surface area contributed by atoms with Crippen molar-refractivity contribution < 1.29 is 9.90 Å². The standard InChI is InChI=1S/C12H10ClN3O2/c13-11-5-4-9(3-1-2-6-15-16-14)7-10(11)8-12(17)18/h4-5,7H,2,6,8H2,(H,17,18). The van der Waals surface area contributed by atoms with Crippen LogP contribution in [0.3, 0.4) is 0 Å². The van der Waals surface area contributed by atoms with Crippen LogP contribution < -0.4 is 0 Å². The number of hydrogen-bond donors (Lipinski definition) is 1. The van der Waals surface area contributed by atoms with Crippen molar-refractivity contribution in [1.82, 2.24) is 0 Å². The number of rotatable bonds is 4. The second-order valence-electron chi connectivity index (χ2n) is 3.38. The lowest BCUT2D eigenvalue weighted by molar-refractivity contribution is -0.136. The second-order valence-corrected chi connectivity index (χ2v) is 3.79. The van der Waals surface area contributed by atoms with E-state index in [1.54, 1.807) is 18.2 Å². The number of hydrogen-bond acceptors (Lipinski definition) is 2. The molecule has 92 valence electrons. The topological polar surface area (TPSA) is 86.1 Å². The van der Waals surface area contributed by atoms with E-state index in [9.17, 15) is 4.79 Å². The van der Waals surface area contributed by atoms with E-state index in [4.69, 9.17) is 22.2 Å². The number of carboxylic acid groups (broad SMARTS) is 1. The molecule has 0 atom stereocenters. The van der Waals surface area contributed by atoms with E-state index in [0.29, 0.717) is 29.1 Å². The van der Waals surface area contributed by atoms with Gasteiger partial charge in [0, 0.05) is 28.5 Å². The number of carbonyl (C=O) groups is 1. The third kappa shape index (κ3) is 4.79. The molecule has 1 aromatic carbocycles. The molecule has 1 rings (SSSR count). The van der Waals surface area contributed by atoms with E-state index in [1.807, 2.05) is 0 Å². The van der Waals surface area contributed by atoms with Crippen LogP contribution in [-0.2, 0) is 11.2 Å². The lowest BCUT2D eigenvalue weighted by Gasteiger charge is -2.01. The van der Waals surface area contributed by atoms with Crippen molar-refractivity contribution in [2.24, 2.45) is 5.11 Å². The molecule has 0 amide bonds. The molecule has 0 aliphatic heterocycles. The highest BCUT2D eigenvalue weighted by molar-refractivity contribution is 6.31. The number of nitrogens with zero attached hydrogens (tertiary/aromatic N) is 3. The molecule has 0 saturated heterocycles. The van der Waals surface area contributed by atoms with Crippen LogP contribution in [0.5, 0.6) is 0 Å². The Kier molecular flexibility index (Phi) is 5.59. The fourth-order valence-electron chi connectivity index (χ4n) is 1.27. The number of carboxylic acids is 1. The predicted molar refractivity (Wildman–Crippen MR) is 68.3 cm³/mol. The lowest BCUT2D eigenvalue weighted by atomic mass is 10.1. The first-order valence-corrected chi connectivity index (χ1v) is 5.51. The van der Waals surface area contributed by atoms with Crippen molar-refractivity contribution in [2.45, 2.75) is 12.8 Å². The Labute approximate surface area is 109 Å². The van der Waals surface area contributed by atoms with E-state index in [2.05, 4.69) is 21.9 Å². The molecule has 0 heterocycles. The maximum atomic E-state index is 10.6. The van der Waals surface area contributed by atoms with Crippen molar-refractivity contribution in [1.29, 1.82) is 0 Å². The smallest absolute Gasteiger partial charge is 0.307 e. The van der Waals surface area contributed by atoms with Gasteiger partial charge in [0.05, 0.1) is 6.42 Å². The number of aliphatic carboxylic acids is 1. The normalized spacial score (nSPS) is 8.94. The molecule has 1 N–H and O–H groups in total. The van der Waals surface area contributed by atoms with E-state index in [0.717, 1.165) is 0 Å². The van der Waals surface area contributed by atoms with E-state index in [-0.39, 0.29) is 6.42 Å². The zero-order valence-electron chi connectivity index (χ0n) is 9.43. The van der Waals surface area contributed by atoms with Crippen LogP contribution in [0.2, 0.25) is 5.02 Å². The Bertz CT molecular complexity index is 554. The highest BCUT2D eigenvalue weighted by Crippen LogP contribution is 2.17. The van der Waals surface area contributed by atoms with Gasteiger partial charge in [-0.25, -0.2) is 0 Å². The molecule has 1 aromatic rings. The van der Waals surface area contributed by atoms with Crippen molar-refractivity contribution in [3.8, 4) is 11.8 Å². The third-order valence-electron chi connectivity index (χ3n) is 2.02. The SMILES string of the molecule is [N-]=[N+]=NCCC#Cc1ccc(Cl)c(CC(=O)O)c1. The van der Waals surface area contributed by atoms with Gasteiger partial charge >= 0.3 is 5.97 Å². The average molecular weight is 264 g/mol. The van der Waals surface area contributed by atoms with Crippen LogP contribution in [0.4, 0.5) is 0 Å². The summed E-state index contributed by atoms with van der Waals surface area (Å²) >= 11 is 5.88. The zero-order valence-corrected chi connectivity index (χ0v) is 10.2. The summed E-state index contributed by atoms with van der Waals surface area (Å²) in [6.07, 6.45) is 0.327. The Morgan fingerprint density at radius 2 is 2.33 bits per heavy atom. The average Bonchev–Trinajstić information content (AvgIpc) is 2.32. The van der Waals surface area contributed by atoms with Crippen LogP contribution in [0.1, 0.15) is 17.5 Å². The molecule has 5 nitrogen and oxygen atoms in total. The molecule has 6 heteroatoms. The molecule has 0 unspecified atom stereocenters. The first-order valence-electron chi connectivity index (χ1n) is 5.13. The first kappa shape index (κ1) is 13.9. The third-order valence-corrected chi connectivity index (χ3v) is 2.39. The molecule has 0 aliphatic rings. The number of azide groups is 1. The van der Waals surface area contributed by atoms with Crippen molar-refractivity contribution in [3.63, 3.8) is 0 Å². The van der Waals surface area contributed by atoms with Crippen molar-refractivity contribution in [3.05, 3.63) is 44.8 Å². The lowest BCUT2D eigenvalue weighted by Crippen LogP contribution is -2.00. The van der Waals surface area contributed by atoms with E-state index < -0.39 is 5.97 Å². The Balaban J connectivity index is 2.78. The molecule has 0 aliphatic carbocycles. The number of halogens is 1. The van der Waals surface area contributed by atoms with Crippen LogP contribution in [0.25, 0.3) is 10.4 Å². The fraction of sp³-hybridized carbons (Fsp3) is 0.250. The summed E-state index contributed by atoms with van der Waals surface area (Å²) in [4.78, 5) is 13.2. The quantitative estimate of drug-likeness (QED) is 0.298.